The fourth-order valence-electron chi connectivity index (χ4n) is 3.11. The van der Waals surface area contributed by atoms with Crippen molar-refractivity contribution in [3.05, 3.63) is 11.7 Å². The molecule has 2 rings (SSSR count). The van der Waals surface area contributed by atoms with E-state index in [0.29, 0.717) is 31.3 Å². The number of rotatable bonds is 8. The zero-order chi connectivity index (χ0) is 18.1. The molecule has 1 saturated carbocycles. The molecule has 1 aliphatic carbocycles. The minimum absolute atomic E-state index is 0.0956. The first-order valence-electron chi connectivity index (χ1n) is 9.78. The van der Waals surface area contributed by atoms with Gasteiger partial charge in [0.1, 0.15) is 0 Å². The summed E-state index contributed by atoms with van der Waals surface area (Å²) < 4.78 is 5.25. The van der Waals surface area contributed by atoms with Crippen molar-refractivity contribution in [3.63, 3.8) is 0 Å². The summed E-state index contributed by atoms with van der Waals surface area (Å²) >= 11 is 0. The van der Waals surface area contributed by atoms with Gasteiger partial charge in [0.05, 0.1) is 0 Å². The molecule has 0 unspecified atom stereocenters. The van der Waals surface area contributed by atoms with Crippen molar-refractivity contribution in [2.24, 2.45) is 0 Å². The van der Waals surface area contributed by atoms with Crippen molar-refractivity contribution in [1.29, 1.82) is 0 Å². The average molecular weight is 351 g/mol. The molecule has 25 heavy (non-hydrogen) atoms. The average Bonchev–Trinajstić information content (AvgIpc) is 2.88. The molecule has 1 aliphatic rings. The van der Waals surface area contributed by atoms with E-state index in [4.69, 9.17) is 4.52 Å². The van der Waals surface area contributed by atoms with Crippen molar-refractivity contribution < 1.29 is 9.32 Å². The van der Waals surface area contributed by atoms with Gasteiger partial charge in [-0.1, -0.05) is 51.6 Å². The SMILES string of the molecule is CC(C)(C)c1noc(CCCC(=O)NCCNC2CCCCCC2)n1. The van der Waals surface area contributed by atoms with Crippen molar-refractivity contribution in [1.82, 2.24) is 20.8 Å². The number of carbonyl (C=O) groups excluding carboxylic acids is 1. The summed E-state index contributed by atoms with van der Waals surface area (Å²) in [5.74, 6) is 1.43. The van der Waals surface area contributed by atoms with E-state index >= 15 is 0 Å². The molecule has 0 bridgehead atoms. The highest BCUT2D eigenvalue weighted by molar-refractivity contribution is 5.75. The van der Waals surface area contributed by atoms with Gasteiger partial charge in [-0.15, -0.1) is 0 Å². The van der Waals surface area contributed by atoms with Crippen LogP contribution in [0.25, 0.3) is 0 Å². The Bertz CT molecular complexity index is 514. The van der Waals surface area contributed by atoms with E-state index < -0.39 is 0 Å². The predicted octanol–water partition coefficient (Wildman–Crippen LogP) is 3.12. The van der Waals surface area contributed by atoms with Crippen molar-refractivity contribution in [2.45, 2.75) is 90.0 Å². The largest absolute Gasteiger partial charge is 0.355 e. The molecule has 142 valence electrons. The van der Waals surface area contributed by atoms with Crippen molar-refractivity contribution >= 4 is 5.91 Å². The maximum Gasteiger partial charge on any atom is 0.226 e. The molecular formula is C19H34N4O2. The highest BCUT2D eigenvalue weighted by Gasteiger charge is 2.20. The molecule has 6 heteroatoms. The van der Waals surface area contributed by atoms with Gasteiger partial charge < -0.3 is 15.2 Å². The summed E-state index contributed by atoms with van der Waals surface area (Å²) in [5, 5.41) is 10.6. The highest BCUT2D eigenvalue weighted by Crippen LogP contribution is 2.19. The Kier molecular flexibility index (Phi) is 7.88. The Hall–Kier alpha value is -1.43. The maximum atomic E-state index is 11.9. The molecule has 1 aromatic rings. The summed E-state index contributed by atoms with van der Waals surface area (Å²) in [7, 11) is 0. The molecule has 0 atom stereocenters. The second kappa shape index (κ2) is 9.90. The second-order valence-electron chi connectivity index (χ2n) is 8.11. The molecule has 6 nitrogen and oxygen atoms in total. The Morgan fingerprint density at radius 3 is 2.52 bits per heavy atom. The molecule has 0 radical (unpaired) electrons. The fourth-order valence-corrected chi connectivity index (χ4v) is 3.11. The van der Waals surface area contributed by atoms with E-state index in [2.05, 4.69) is 41.5 Å². The normalized spacial score (nSPS) is 16.6. The van der Waals surface area contributed by atoms with E-state index in [9.17, 15) is 4.79 Å². The van der Waals surface area contributed by atoms with E-state index in [1.54, 1.807) is 0 Å². The van der Waals surface area contributed by atoms with Gasteiger partial charge in [-0.05, 0) is 19.3 Å². The Labute approximate surface area is 151 Å². The van der Waals surface area contributed by atoms with Crippen LogP contribution in [-0.2, 0) is 16.6 Å². The summed E-state index contributed by atoms with van der Waals surface area (Å²) in [6.45, 7) is 7.72. The summed E-state index contributed by atoms with van der Waals surface area (Å²) in [6, 6.07) is 0.633. The zero-order valence-corrected chi connectivity index (χ0v) is 16.1. The van der Waals surface area contributed by atoms with Crippen LogP contribution in [0, 0.1) is 0 Å². The maximum absolute atomic E-state index is 11.9. The van der Waals surface area contributed by atoms with Crippen molar-refractivity contribution in [3.8, 4) is 0 Å². The molecule has 0 saturated heterocycles. The van der Waals surface area contributed by atoms with Crippen LogP contribution < -0.4 is 10.6 Å². The van der Waals surface area contributed by atoms with Gasteiger partial charge in [-0.3, -0.25) is 4.79 Å². The molecule has 0 aromatic carbocycles. The van der Waals surface area contributed by atoms with Crippen LogP contribution in [0.5, 0.6) is 0 Å². The fraction of sp³-hybridized carbons (Fsp3) is 0.842. The number of hydrogen-bond donors (Lipinski definition) is 2. The lowest BCUT2D eigenvalue weighted by atomic mass is 9.96. The van der Waals surface area contributed by atoms with E-state index in [1.807, 2.05) is 0 Å². The predicted molar refractivity (Wildman–Crippen MR) is 98.4 cm³/mol. The minimum Gasteiger partial charge on any atom is -0.355 e. The summed E-state index contributed by atoms with van der Waals surface area (Å²) in [5.41, 5.74) is -0.108. The van der Waals surface area contributed by atoms with Gasteiger partial charge in [-0.2, -0.15) is 4.98 Å². The molecule has 0 aliphatic heterocycles. The van der Waals surface area contributed by atoms with Crippen LogP contribution in [-0.4, -0.2) is 35.2 Å². The van der Waals surface area contributed by atoms with E-state index in [0.717, 1.165) is 18.8 Å². The van der Waals surface area contributed by atoms with Crippen LogP contribution in [0.3, 0.4) is 0 Å². The second-order valence-corrected chi connectivity index (χ2v) is 8.11. The monoisotopic (exact) mass is 350 g/mol. The first-order chi connectivity index (χ1) is 11.9. The number of nitrogens with zero attached hydrogens (tertiary/aromatic N) is 2. The molecule has 0 spiro atoms. The van der Waals surface area contributed by atoms with Gasteiger partial charge in [0, 0.05) is 37.4 Å². The third kappa shape index (κ3) is 7.55. The van der Waals surface area contributed by atoms with Crippen LogP contribution in [0.1, 0.15) is 83.9 Å². The van der Waals surface area contributed by atoms with Crippen molar-refractivity contribution in [2.75, 3.05) is 13.1 Å². The van der Waals surface area contributed by atoms with Crippen LogP contribution in [0.15, 0.2) is 4.52 Å². The standard InChI is InChI=1S/C19H34N4O2/c1-19(2,3)18-22-17(25-23-18)12-8-11-16(24)21-14-13-20-15-9-6-4-5-7-10-15/h15,20H,4-14H2,1-3H3,(H,21,24). The number of hydrogen-bond acceptors (Lipinski definition) is 5. The van der Waals surface area contributed by atoms with Gasteiger partial charge in [0.2, 0.25) is 11.8 Å². The lowest BCUT2D eigenvalue weighted by Crippen LogP contribution is -2.36. The van der Waals surface area contributed by atoms with Crippen LogP contribution in [0.2, 0.25) is 0 Å². The summed E-state index contributed by atoms with van der Waals surface area (Å²) in [6.07, 6.45) is 9.82. The third-order valence-corrected chi connectivity index (χ3v) is 4.67. The number of aromatic nitrogens is 2. The Balaban J connectivity index is 1.54. The molecular weight excluding hydrogens is 316 g/mol. The van der Waals surface area contributed by atoms with Crippen LogP contribution >= 0.6 is 0 Å². The number of nitrogens with one attached hydrogen (secondary N) is 2. The van der Waals surface area contributed by atoms with E-state index in [1.165, 1.54) is 38.5 Å². The quantitative estimate of drug-likeness (QED) is 0.556. The molecule has 2 N–H and O–H groups in total. The summed E-state index contributed by atoms with van der Waals surface area (Å²) in [4.78, 5) is 16.3. The lowest BCUT2D eigenvalue weighted by molar-refractivity contribution is -0.121. The molecule has 1 aromatic heterocycles. The third-order valence-electron chi connectivity index (χ3n) is 4.67. The highest BCUT2D eigenvalue weighted by atomic mass is 16.5. The van der Waals surface area contributed by atoms with Gasteiger partial charge in [-0.25, -0.2) is 0 Å². The Morgan fingerprint density at radius 1 is 1.16 bits per heavy atom. The number of amides is 1. The van der Waals surface area contributed by atoms with Gasteiger partial charge >= 0.3 is 0 Å². The smallest absolute Gasteiger partial charge is 0.226 e. The first-order valence-corrected chi connectivity index (χ1v) is 9.78. The molecule has 1 heterocycles. The zero-order valence-electron chi connectivity index (χ0n) is 16.1. The first kappa shape index (κ1) is 19.9. The van der Waals surface area contributed by atoms with Crippen LogP contribution in [0.4, 0.5) is 0 Å². The lowest BCUT2D eigenvalue weighted by Gasteiger charge is -2.16. The minimum atomic E-state index is -0.108. The molecule has 1 amide bonds. The van der Waals surface area contributed by atoms with Gasteiger partial charge in [0.15, 0.2) is 5.82 Å². The number of carbonyl (C=O) groups is 1. The topological polar surface area (TPSA) is 80.0 Å². The molecule has 1 fully saturated rings. The Morgan fingerprint density at radius 2 is 1.88 bits per heavy atom. The van der Waals surface area contributed by atoms with E-state index in [-0.39, 0.29) is 11.3 Å². The van der Waals surface area contributed by atoms with Gasteiger partial charge in [0.25, 0.3) is 0 Å². The number of aryl methyl sites for hydroxylation is 1.